The summed E-state index contributed by atoms with van der Waals surface area (Å²) in [7, 11) is 1.16. The molecule has 0 spiro atoms. The fourth-order valence-electron chi connectivity index (χ4n) is 6.76. The highest BCUT2D eigenvalue weighted by Crippen LogP contribution is 2.38. The van der Waals surface area contributed by atoms with E-state index >= 15 is 0 Å². The summed E-state index contributed by atoms with van der Waals surface area (Å²) < 4.78 is 34.0. The molecule has 356 valence electrons. The molecule has 0 amide bonds. The third-order valence-corrected chi connectivity index (χ3v) is 11.6. The van der Waals surface area contributed by atoms with Crippen molar-refractivity contribution in [1.29, 1.82) is 0 Å². The Bertz CT molecular complexity index is 1180. The van der Waals surface area contributed by atoms with E-state index in [0.29, 0.717) is 17.4 Å². The van der Waals surface area contributed by atoms with E-state index in [-0.39, 0.29) is 32.0 Å². The number of quaternary nitrogens is 1. The van der Waals surface area contributed by atoms with Crippen LogP contribution in [0.3, 0.4) is 0 Å². The van der Waals surface area contributed by atoms with Crippen molar-refractivity contribution in [2.75, 3.05) is 47.5 Å². The van der Waals surface area contributed by atoms with Gasteiger partial charge < -0.3 is 27.9 Å². The number of ether oxygens (including phenoxy) is 2. The van der Waals surface area contributed by atoms with E-state index in [1.54, 1.807) is 0 Å². The summed E-state index contributed by atoms with van der Waals surface area (Å²) in [6, 6.07) is 0. The average Bonchev–Trinajstić information content (AvgIpc) is 3.21. The first kappa shape index (κ1) is 59.0. The third-order valence-electron chi connectivity index (χ3n) is 10.6. The van der Waals surface area contributed by atoms with Gasteiger partial charge in [-0.2, -0.15) is 0 Å². The summed E-state index contributed by atoms with van der Waals surface area (Å²) in [5, 5.41) is 0. The maximum Gasteiger partial charge on any atom is 0.306 e. The number of allylic oxidation sites excluding steroid dienone is 8. The maximum absolute atomic E-state index is 12.7. The summed E-state index contributed by atoms with van der Waals surface area (Å²) in [5.74, 6) is -0.837. The van der Waals surface area contributed by atoms with E-state index in [4.69, 9.17) is 18.5 Å². The molecule has 0 aliphatic heterocycles. The molecule has 0 rings (SSSR count). The number of phosphoric ester groups is 1. The quantitative estimate of drug-likeness (QED) is 0.0195. The number of hydrogen-bond donors (Lipinski definition) is 0. The minimum absolute atomic E-state index is 0.0327. The summed E-state index contributed by atoms with van der Waals surface area (Å²) in [6.45, 7) is 4.13. The van der Waals surface area contributed by atoms with Crippen molar-refractivity contribution in [2.45, 2.75) is 219 Å². The molecule has 61 heavy (non-hydrogen) atoms. The van der Waals surface area contributed by atoms with Gasteiger partial charge in [0.1, 0.15) is 19.8 Å². The van der Waals surface area contributed by atoms with E-state index in [1.807, 2.05) is 21.1 Å². The van der Waals surface area contributed by atoms with Gasteiger partial charge in [-0.3, -0.25) is 14.2 Å². The van der Waals surface area contributed by atoms with Gasteiger partial charge in [0.25, 0.3) is 7.82 Å². The van der Waals surface area contributed by atoms with E-state index < -0.39 is 26.5 Å². The van der Waals surface area contributed by atoms with E-state index in [1.165, 1.54) is 109 Å². The lowest BCUT2D eigenvalue weighted by atomic mass is 10.0. The smallest absolute Gasteiger partial charge is 0.306 e. The topological polar surface area (TPSA) is 111 Å². The molecule has 0 radical (unpaired) electrons. The number of likely N-dealkylation sites (N-methyl/N-ethyl adjacent to an activating group) is 1. The van der Waals surface area contributed by atoms with Gasteiger partial charge in [0, 0.05) is 12.8 Å². The zero-order valence-electron chi connectivity index (χ0n) is 40.1. The first-order valence-corrected chi connectivity index (χ1v) is 26.3. The number of unbranched alkanes of at least 4 members (excludes halogenated alkanes) is 23. The Morgan fingerprint density at radius 2 is 0.934 bits per heavy atom. The first-order chi connectivity index (χ1) is 29.5. The lowest BCUT2D eigenvalue weighted by molar-refractivity contribution is -0.870. The normalized spacial score (nSPS) is 13.9. The van der Waals surface area contributed by atoms with Gasteiger partial charge in [-0.05, 0) is 51.4 Å². The zero-order valence-corrected chi connectivity index (χ0v) is 41.0. The minimum Gasteiger partial charge on any atom is -0.756 e. The van der Waals surface area contributed by atoms with Crippen molar-refractivity contribution < 1.29 is 42.1 Å². The highest BCUT2D eigenvalue weighted by molar-refractivity contribution is 7.45. The van der Waals surface area contributed by atoms with Gasteiger partial charge in [-0.1, -0.05) is 197 Å². The predicted molar refractivity (Wildman–Crippen MR) is 254 cm³/mol. The van der Waals surface area contributed by atoms with Crippen molar-refractivity contribution in [1.82, 2.24) is 0 Å². The number of carbonyl (C=O) groups is 2. The Balaban J connectivity index is 4.28. The molecule has 0 aromatic heterocycles. The predicted octanol–water partition coefficient (Wildman–Crippen LogP) is 14.0. The Morgan fingerprint density at radius 3 is 1.39 bits per heavy atom. The molecule has 0 saturated carbocycles. The number of carbonyl (C=O) groups excluding carboxylic acids is 2. The first-order valence-electron chi connectivity index (χ1n) is 24.8. The summed E-state index contributed by atoms with van der Waals surface area (Å²) in [4.78, 5) is 37.7. The van der Waals surface area contributed by atoms with Gasteiger partial charge in [0.05, 0.1) is 27.7 Å². The Hall–Kier alpha value is -2.03. The van der Waals surface area contributed by atoms with Crippen molar-refractivity contribution >= 4 is 19.8 Å². The van der Waals surface area contributed by atoms with E-state index in [9.17, 15) is 19.0 Å². The van der Waals surface area contributed by atoms with Crippen LogP contribution in [0.15, 0.2) is 48.6 Å². The lowest BCUT2D eigenvalue weighted by Crippen LogP contribution is -2.37. The van der Waals surface area contributed by atoms with Crippen LogP contribution in [0.5, 0.6) is 0 Å². The Labute approximate surface area is 375 Å². The summed E-state index contributed by atoms with van der Waals surface area (Å²) in [6.07, 6.45) is 51.3. The maximum atomic E-state index is 12.7. The molecule has 2 unspecified atom stereocenters. The van der Waals surface area contributed by atoms with Crippen molar-refractivity contribution in [3.63, 3.8) is 0 Å². The van der Waals surface area contributed by atoms with Crippen molar-refractivity contribution in [3.05, 3.63) is 48.6 Å². The van der Waals surface area contributed by atoms with Crippen LogP contribution in [0, 0.1) is 0 Å². The van der Waals surface area contributed by atoms with Crippen LogP contribution in [0.1, 0.15) is 213 Å². The van der Waals surface area contributed by atoms with Gasteiger partial charge in [-0.25, -0.2) is 0 Å². The molecular formula is C51H94NO8P. The Kier molecular flexibility index (Phi) is 41.8. The molecule has 0 N–H and O–H groups in total. The van der Waals surface area contributed by atoms with Crippen LogP contribution < -0.4 is 4.89 Å². The van der Waals surface area contributed by atoms with Gasteiger partial charge in [0.15, 0.2) is 6.10 Å². The van der Waals surface area contributed by atoms with Crippen LogP contribution in [-0.4, -0.2) is 70.0 Å². The van der Waals surface area contributed by atoms with Crippen molar-refractivity contribution in [2.24, 2.45) is 0 Å². The molecule has 0 aromatic rings. The second-order valence-electron chi connectivity index (χ2n) is 17.8. The van der Waals surface area contributed by atoms with Crippen molar-refractivity contribution in [3.8, 4) is 0 Å². The second kappa shape index (κ2) is 43.2. The number of rotatable bonds is 45. The number of nitrogens with zero attached hydrogens (tertiary/aromatic N) is 1. The monoisotopic (exact) mass is 880 g/mol. The summed E-state index contributed by atoms with van der Waals surface area (Å²) in [5.41, 5.74) is 0. The van der Waals surface area contributed by atoms with E-state index in [2.05, 4.69) is 62.5 Å². The summed E-state index contributed by atoms with van der Waals surface area (Å²) >= 11 is 0. The van der Waals surface area contributed by atoms with E-state index in [0.717, 1.165) is 70.6 Å². The average molecular weight is 880 g/mol. The molecule has 2 atom stereocenters. The highest BCUT2D eigenvalue weighted by Gasteiger charge is 2.21. The number of esters is 2. The molecule has 9 nitrogen and oxygen atoms in total. The zero-order chi connectivity index (χ0) is 45.0. The van der Waals surface area contributed by atoms with Crippen LogP contribution in [0.25, 0.3) is 0 Å². The Morgan fingerprint density at radius 1 is 0.525 bits per heavy atom. The lowest BCUT2D eigenvalue weighted by Gasteiger charge is -2.28. The molecule has 10 heteroatoms. The molecule has 0 saturated heterocycles. The van der Waals surface area contributed by atoms with Crippen LogP contribution in [0.2, 0.25) is 0 Å². The van der Waals surface area contributed by atoms with Crippen LogP contribution >= 0.6 is 7.82 Å². The molecule has 0 fully saturated rings. The highest BCUT2D eigenvalue weighted by atomic mass is 31.2. The largest absolute Gasteiger partial charge is 0.756 e. The molecular weight excluding hydrogens is 786 g/mol. The second-order valence-corrected chi connectivity index (χ2v) is 19.2. The molecule has 0 aromatic carbocycles. The molecule has 0 bridgehead atoms. The molecule has 0 aliphatic rings. The van der Waals surface area contributed by atoms with Gasteiger partial charge in [0.2, 0.25) is 0 Å². The minimum atomic E-state index is -4.63. The number of phosphoric acid groups is 1. The van der Waals surface area contributed by atoms with Gasteiger partial charge >= 0.3 is 11.9 Å². The molecule has 0 aliphatic carbocycles. The van der Waals surface area contributed by atoms with Gasteiger partial charge in [-0.15, -0.1) is 0 Å². The standard InChI is InChI=1S/C51H94NO8P/c1-6-8-10-12-14-16-18-20-22-24-25-26-27-28-30-32-34-36-38-40-42-44-51(54)60-49(48-59-61(55,56)58-46-45-52(3,4)5)47-57-50(53)43-41-39-37-35-33-31-29-23-21-19-17-15-13-11-9-7-2/h8,10,14,16,20,22,25-26,49H,6-7,9,11-13,15,17-19,21,23-24,27-48H2,1-5H3/b10-8-,16-14-,22-20-,26-25-. The fourth-order valence-corrected chi connectivity index (χ4v) is 7.49. The number of hydrogen-bond acceptors (Lipinski definition) is 8. The van der Waals surface area contributed by atoms with Crippen LogP contribution in [-0.2, 0) is 32.7 Å². The third kappa shape index (κ3) is 47.3. The fraction of sp³-hybridized carbons (Fsp3) is 0.804. The SMILES string of the molecule is CC/C=C\C/C=C\C/C=C\C/C=C\CCCCCCCCCCC(=O)OC(COC(=O)CCCCCCCCCCCCCCCCCC)COP(=O)([O-])OCC[N+](C)(C)C. The van der Waals surface area contributed by atoms with Crippen LogP contribution in [0.4, 0.5) is 0 Å². The molecule has 0 heterocycles.